The van der Waals surface area contributed by atoms with Gasteiger partial charge in [0.2, 0.25) is 0 Å². The fourth-order valence-corrected chi connectivity index (χ4v) is 3.89. The Morgan fingerprint density at radius 1 is 1.09 bits per heavy atom. The number of benzene rings is 2. The van der Waals surface area contributed by atoms with Gasteiger partial charge in [0, 0.05) is 0 Å². The summed E-state index contributed by atoms with van der Waals surface area (Å²) in [5, 5.41) is 3.70. The highest BCUT2D eigenvalue weighted by Crippen LogP contribution is 2.45. The van der Waals surface area contributed by atoms with Crippen molar-refractivity contribution in [1.82, 2.24) is 14.9 Å². The maximum absolute atomic E-state index is 14.6. The van der Waals surface area contributed by atoms with Gasteiger partial charge in [-0.15, -0.1) is 0 Å². The molecule has 12 heteroatoms. The van der Waals surface area contributed by atoms with Crippen LogP contribution in [0.3, 0.4) is 0 Å². The number of aromatic amines is 1. The predicted molar refractivity (Wildman–Crippen MR) is 119 cm³/mol. The molecule has 1 aliphatic heterocycles. The van der Waals surface area contributed by atoms with Crippen LogP contribution in [0.4, 0.5) is 19.0 Å². The van der Waals surface area contributed by atoms with Crippen molar-refractivity contribution in [1.29, 1.82) is 0 Å². The van der Waals surface area contributed by atoms with Crippen LogP contribution in [0.1, 0.15) is 28.4 Å². The molecule has 0 fully saturated rings. The van der Waals surface area contributed by atoms with Gasteiger partial charge in [0.05, 0.1) is 17.9 Å². The Morgan fingerprint density at radius 3 is 2.37 bits per heavy atom. The van der Waals surface area contributed by atoms with E-state index in [0.29, 0.717) is 0 Å². The minimum absolute atomic E-state index is 0.0120. The third kappa shape index (κ3) is 3.76. The van der Waals surface area contributed by atoms with Gasteiger partial charge in [-0.1, -0.05) is 29.8 Å². The Hall–Kier alpha value is -4.35. The number of rotatable bonds is 5. The molecule has 3 N–H and O–H groups in total. The van der Waals surface area contributed by atoms with Gasteiger partial charge in [0.15, 0.2) is 0 Å². The summed E-state index contributed by atoms with van der Waals surface area (Å²) in [5.41, 5.74) is -6.84. The molecule has 2 aromatic carbocycles. The number of nitrogens with zero attached hydrogens (tertiary/aromatic N) is 1. The van der Waals surface area contributed by atoms with Crippen LogP contribution in [0, 0.1) is 6.92 Å². The molecule has 0 unspecified atom stereocenters. The van der Waals surface area contributed by atoms with Gasteiger partial charge in [0.25, 0.3) is 22.9 Å². The summed E-state index contributed by atoms with van der Waals surface area (Å²) in [6.45, 7) is 3.51. The standard InChI is InChI=1S/C23H19F3N4O5/c1-3-35-15-7-5-4-6-14(15)18(31)29-22(23(24,25)26)16-17(27-20(22)33)30(21(34)28-19(16)32)13-10-8-12(2)9-11-13/h4-11H,3H2,1-2H3,(H,27,33)(H,29,31)(H,28,32,34)/t22-/m1/s1. The Labute approximate surface area is 195 Å². The molecule has 182 valence electrons. The number of hydrogen-bond donors (Lipinski definition) is 3. The third-order valence-electron chi connectivity index (χ3n) is 5.51. The Balaban J connectivity index is 1.95. The lowest BCUT2D eigenvalue weighted by Gasteiger charge is -2.30. The zero-order valence-electron chi connectivity index (χ0n) is 18.4. The van der Waals surface area contributed by atoms with Crippen LogP contribution in [0.15, 0.2) is 58.1 Å². The molecule has 1 aromatic heterocycles. The number of anilines is 1. The van der Waals surface area contributed by atoms with E-state index < -0.39 is 46.2 Å². The van der Waals surface area contributed by atoms with Crippen molar-refractivity contribution in [3.63, 3.8) is 0 Å². The van der Waals surface area contributed by atoms with Crippen LogP contribution in [-0.2, 0) is 10.3 Å². The lowest BCUT2D eigenvalue weighted by molar-refractivity contribution is -0.196. The molecule has 0 saturated carbocycles. The summed E-state index contributed by atoms with van der Waals surface area (Å²) in [5.74, 6) is -3.74. The van der Waals surface area contributed by atoms with Crippen molar-refractivity contribution >= 4 is 17.6 Å². The number of amides is 2. The number of aryl methyl sites for hydroxylation is 1. The van der Waals surface area contributed by atoms with E-state index in [4.69, 9.17) is 4.74 Å². The Morgan fingerprint density at radius 2 is 1.74 bits per heavy atom. The van der Waals surface area contributed by atoms with Crippen LogP contribution >= 0.6 is 0 Å². The third-order valence-corrected chi connectivity index (χ3v) is 5.51. The molecule has 0 aliphatic carbocycles. The highest BCUT2D eigenvalue weighted by molar-refractivity contribution is 6.10. The molecule has 0 radical (unpaired) electrons. The number of carbonyl (C=O) groups excluding carboxylic acids is 2. The number of carbonyl (C=O) groups is 2. The van der Waals surface area contributed by atoms with E-state index >= 15 is 0 Å². The topological polar surface area (TPSA) is 122 Å². The van der Waals surface area contributed by atoms with Crippen LogP contribution in [0.25, 0.3) is 5.69 Å². The molecule has 2 heterocycles. The number of fused-ring (bicyclic) bond motifs is 1. The molecule has 0 bridgehead atoms. The summed E-state index contributed by atoms with van der Waals surface area (Å²) in [4.78, 5) is 53.1. The first-order valence-corrected chi connectivity index (χ1v) is 10.4. The van der Waals surface area contributed by atoms with Gasteiger partial charge in [-0.25, -0.2) is 9.36 Å². The molecule has 0 spiro atoms. The second-order valence-electron chi connectivity index (χ2n) is 7.74. The smallest absolute Gasteiger partial charge is 0.425 e. The van der Waals surface area contributed by atoms with Gasteiger partial charge in [-0.05, 0) is 38.1 Å². The lowest BCUT2D eigenvalue weighted by atomic mass is 9.91. The summed E-state index contributed by atoms with van der Waals surface area (Å²) < 4.78 is 49.8. The van der Waals surface area contributed by atoms with Gasteiger partial charge in [-0.2, -0.15) is 13.2 Å². The molecule has 0 saturated heterocycles. The molecule has 3 aromatic rings. The van der Waals surface area contributed by atoms with E-state index in [1.165, 1.54) is 36.4 Å². The van der Waals surface area contributed by atoms with Gasteiger partial charge in [-0.3, -0.25) is 19.4 Å². The van der Waals surface area contributed by atoms with Gasteiger partial charge in [0.1, 0.15) is 17.1 Å². The average Bonchev–Trinajstić information content (AvgIpc) is 3.08. The molecular weight excluding hydrogens is 469 g/mol. The average molecular weight is 488 g/mol. The van der Waals surface area contributed by atoms with E-state index in [9.17, 15) is 32.3 Å². The van der Waals surface area contributed by atoms with E-state index in [0.717, 1.165) is 10.1 Å². The van der Waals surface area contributed by atoms with E-state index in [2.05, 4.69) is 0 Å². The molecule has 1 aliphatic rings. The second-order valence-corrected chi connectivity index (χ2v) is 7.74. The second kappa shape index (κ2) is 8.46. The van der Waals surface area contributed by atoms with Crippen LogP contribution in [-0.4, -0.2) is 34.1 Å². The number of ether oxygens (including phenoxy) is 1. The number of alkyl halides is 3. The Bertz CT molecular complexity index is 1440. The summed E-state index contributed by atoms with van der Waals surface area (Å²) in [7, 11) is 0. The van der Waals surface area contributed by atoms with Crippen molar-refractivity contribution < 1.29 is 27.5 Å². The first-order valence-electron chi connectivity index (χ1n) is 10.4. The first kappa shape index (κ1) is 23.8. The predicted octanol–water partition coefficient (Wildman–Crippen LogP) is 2.37. The zero-order valence-corrected chi connectivity index (χ0v) is 18.4. The maximum Gasteiger partial charge on any atom is 0.425 e. The highest BCUT2D eigenvalue weighted by atomic mass is 19.4. The minimum Gasteiger partial charge on any atom is -0.493 e. The number of H-pyrrole nitrogens is 1. The summed E-state index contributed by atoms with van der Waals surface area (Å²) >= 11 is 0. The number of para-hydroxylation sites is 1. The maximum atomic E-state index is 14.6. The number of halogens is 3. The van der Waals surface area contributed by atoms with E-state index in [-0.39, 0.29) is 23.6 Å². The van der Waals surface area contributed by atoms with Gasteiger partial charge >= 0.3 is 11.9 Å². The molecule has 35 heavy (non-hydrogen) atoms. The molecular formula is C23H19F3N4O5. The SMILES string of the molecule is CCOc1ccccc1C(=O)N[C@@]1(C(F)(F)F)C(=O)Nc2c1c(=O)[nH]c(=O)n2-c1ccc(C)cc1. The van der Waals surface area contributed by atoms with Gasteiger partial charge < -0.3 is 15.4 Å². The van der Waals surface area contributed by atoms with Crippen molar-refractivity contribution in [2.75, 3.05) is 11.9 Å². The normalized spacial score (nSPS) is 17.0. The van der Waals surface area contributed by atoms with Crippen molar-refractivity contribution in [2.24, 2.45) is 0 Å². The van der Waals surface area contributed by atoms with E-state index in [1.54, 1.807) is 31.3 Å². The molecule has 4 rings (SSSR count). The lowest BCUT2D eigenvalue weighted by Crippen LogP contribution is -2.62. The molecule has 1 atom stereocenters. The Kier molecular flexibility index (Phi) is 5.75. The number of hydrogen-bond acceptors (Lipinski definition) is 5. The fraction of sp³-hybridized carbons (Fsp3) is 0.217. The molecule has 9 nitrogen and oxygen atoms in total. The summed E-state index contributed by atoms with van der Waals surface area (Å²) in [6.07, 6.45) is -5.46. The van der Waals surface area contributed by atoms with Crippen molar-refractivity contribution in [2.45, 2.75) is 25.6 Å². The van der Waals surface area contributed by atoms with Crippen LogP contribution in [0.2, 0.25) is 0 Å². The van der Waals surface area contributed by atoms with E-state index in [1.807, 2.05) is 10.3 Å². The summed E-state index contributed by atoms with van der Waals surface area (Å²) in [6, 6.07) is 11.6. The van der Waals surface area contributed by atoms with Crippen molar-refractivity contribution in [3.8, 4) is 11.4 Å². The quantitative estimate of drug-likeness (QED) is 0.509. The highest BCUT2D eigenvalue weighted by Gasteiger charge is 2.68. The minimum atomic E-state index is -5.46. The number of nitrogens with one attached hydrogen (secondary N) is 3. The van der Waals surface area contributed by atoms with Crippen molar-refractivity contribution in [3.05, 3.63) is 86.1 Å². The fourth-order valence-electron chi connectivity index (χ4n) is 3.89. The monoisotopic (exact) mass is 488 g/mol. The first-order chi connectivity index (χ1) is 16.5. The van der Waals surface area contributed by atoms with Crippen LogP contribution in [0.5, 0.6) is 5.75 Å². The van der Waals surface area contributed by atoms with Crippen LogP contribution < -0.4 is 26.6 Å². The number of aromatic nitrogens is 2. The zero-order chi connectivity index (χ0) is 25.5. The largest absolute Gasteiger partial charge is 0.493 e. The molecule has 2 amide bonds.